The molecule has 0 saturated heterocycles. The molecule has 0 N–H and O–H groups in total. The van der Waals surface area contributed by atoms with Crippen LogP contribution in [0.5, 0.6) is 11.5 Å². The minimum atomic E-state index is -1.71. The third-order valence-electron chi connectivity index (χ3n) is 14.0. The van der Waals surface area contributed by atoms with Crippen LogP contribution in [-0.4, -0.2) is 43.1 Å². The Balaban J connectivity index is 1.63. The van der Waals surface area contributed by atoms with Gasteiger partial charge >= 0.3 is 0 Å². The molecule has 0 fully saturated rings. The average Bonchev–Trinajstić information content (AvgIpc) is 3.19. The van der Waals surface area contributed by atoms with Crippen LogP contribution < -0.4 is 9.47 Å². The van der Waals surface area contributed by atoms with Gasteiger partial charge < -0.3 is 18.3 Å². The number of unbranched alkanes of at least 4 members (excludes halogenated alkanes) is 16. The first-order valence-corrected chi connectivity index (χ1v) is 30.1. The van der Waals surface area contributed by atoms with Crippen molar-refractivity contribution in [3.63, 3.8) is 0 Å². The predicted molar refractivity (Wildman–Crippen MR) is 273 cm³/mol. The molecule has 0 bridgehead atoms. The van der Waals surface area contributed by atoms with E-state index >= 15 is 0 Å². The molecule has 0 spiro atoms. The van der Waals surface area contributed by atoms with Gasteiger partial charge in [-0.3, -0.25) is 0 Å². The molecular weight excluding hydrogens is 781 g/mol. The van der Waals surface area contributed by atoms with E-state index in [9.17, 15) is 0 Å². The normalized spacial score (nSPS) is 12.7. The van der Waals surface area contributed by atoms with Crippen LogP contribution in [0.4, 0.5) is 0 Å². The highest BCUT2D eigenvalue weighted by Gasteiger charge is 2.45. The smallest absolute Gasteiger partial charge is 0.200 e. The Labute approximate surface area is 382 Å². The molecule has 61 heavy (non-hydrogen) atoms. The summed E-state index contributed by atoms with van der Waals surface area (Å²) in [5, 5.41) is 0. The second-order valence-electron chi connectivity index (χ2n) is 20.8. The number of benzene rings is 2. The van der Waals surface area contributed by atoms with Gasteiger partial charge in [0.2, 0.25) is 0 Å². The van der Waals surface area contributed by atoms with Gasteiger partial charge in [-0.15, -0.1) is 0 Å². The lowest BCUT2D eigenvalue weighted by atomic mass is 10.0. The monoisotopic (exact) mass is 881 g/mol. The Kier molecular flexibility index (Phi) is 27.8. The van der Waals surface area contributed by atoms with Gasteiger partial charge in [0.15, 0.2) is 16.6 Å². The molecule has 2 aromatic rings. The Bertz CT molecular complexity index is 1270. The summed E-state index contributed by atoms with van der Waals surface area (Å²) in [5.74, 6) is 2.07. The molecule has 0 atom stereocenters. The molecule has 2 aromatic carbocycles. The summed E-state index contributed by atoms with van der Waals surface area (Å²) in [4.78, 5) is 0. The maximum Gasteiger partial charge on any atom is 0.200 e. The molecule has 0 aliphatic rings. The molecule has 0 saturated carbocycles. The van der Waals surface area contributed by atoms with Crippen LogP contribution in [0, 0.1) is 13.8 Å². The second kappa shape index (κ2) is 30.5. The predicted octanol–water partition coefficient (Wildman–Crippen LogP) is 18.1. The highest BCUT2D eigenvalue weighted by molar-refractivity contribution is 6.78. The summed E-state index contributed by atoms with van der Waals surface area (Å²) in [6.45, 7) is 36.4. The van der Waals surface area contributed by atoms with Crippen molar-refractivity contribution in [2.45, 2.75) is 252 Å². The standard InChI is InChI=1S/C55H100O4Si2/c1-44(2)60(45(3)4,46(5)6)58-39-31-27-23-19-15-17-21-25-29-37-56-54-41-50(13)33-35-52(54)43-53-36-34-51(14)42-55(53)57-38-30-26-22-18-16-20-24-28-32-40-59-61(47(7)8,48(9)10)49(11)12/h33-36,41-42,44-49H,15-32,37-40,43H2,1-14H3. The van der Waals surface area contributed by atoms with E-state index in [1.54, 1.807) is 0 Å². The maximum atomic E-state index is 6.76. The third kappa shape index (κ3) is 19.2. The molecule has 4 nitrogen and oxygen atoms in total. The molecule has 2 rings (SSSR count). The molecule has 0 unspecified atom stereocenters. The zero-order chi connectivity index (χ0) is 45.3. The quantitative estimate of drug-likeness (QED) is 0.0505. The topological polar surface area (TPSA) is 36.9 Å². The van der Waals surface area contributed by atoms with Crippen molar-refractivity contribution in [2.24, 2.45) is 0 Å². The lowest BCUT2D eigenvalue weighted by Crippen LogP contribution is -2.47. The Hall–Kier alpha value is -1.61. The first-order valence-electron chi connectivity index (χ1n) is 25.8. The minimum Gasteiger partial charge on any atom is -0.493 e. The van der Waals surface area contributed by atoms with Crippen molar-refractivity contribution in [3.8, 4) is 11.5 Å². The zero-order valence-electron chi connectivity index (χ0n) is 42.8. The first kappa shape index (κ1) is 55.5. The van der Waals surface area contributed by atoms with E-state index in [-0.39, 0.29) is 0 Å². The van der Waals surface area contributed by atoms with Gasteiger partial charge in [0, 0.05) is 19.6 Å². The van der Waals surface area contributed by atoms with Crippen molar-refractivity contribution in [3.05, 3.63) is 58.7 Å². The zero-order valence-corrected chi connectivity index (χ0v) is 44.8. The van der Waals surface area contributed by atoms with Crippen LogP contribution in [0.25, 0.3) is 0 Å². The molecule has 0 heterocycles. The molecule has 0 aliphatic heterocycles. The minimum absolute atomic E-state index is 0.674. The summed E-state index contributed by atoms with van der Waals surface area (Å²) < 4.78 is 26.4. The van der Waals surface area contributed by atoms with Crippen molar-refractivity contribution in [1.29, 1.82) is 0 Å². The van der Waals surface area contributed by atoms with E-state index in [1.807, 2.05) is 0 Å². The summed E-state index contributed by atoms with van der Waals surface area (Å²) >= 11 is 0. The van der Waals surface area contributed by atoms with E-state index in [1.165, 1.54) is 125 Å². The Morgan fingerprint density at radius 2 is 0.590 bits per heavy atom. The summed E-state index contributed by atoms with van der Waals surface area (Å²) in [5.41, 5.74) is 9.04. The van der Waals surface area contributed by atoms with E-state index in [4.69, 9.17) is 18.3 Å². The average molecular weight is 882 g/mol. The van der Waals surface area contributed by atoms with Crippen LogP contribution in [0.15, 0.2) is 36.4 Å². The SMILES string of the molecule is Cc1ccc(Cc2ccc(C)cc2OCCCCCCCCCCCO[Si](C(C)C)(C(C)C)C(C)C)c(OCCCCCCCCCCCO[Si](C(C)C)(C(C)C)C(C)C)c1. The fourth-order valence-corrected chi connectivity index (χ4v) is 21.8. The molecule has 0 aliphatic carbocycles. The highest BCUT2D eigenvalue weighted by Crippen LogP contribution is 2.43. The van der Waals surface area contributed by atoms with E-state index < -0.39 is 16.6 Å². The van der Waals surface area contributed by atoms with Gasteiger partial charge in [0.05, 0.1) is 13.2 Å². The molecular formula is C55H100O4Si2. The molecule has 0 amide bonds. The van der Waals surface area contributed by atoms with Gasteiger partial charge in [0.1, 0.15) is 11.5 Å². The van der Waals surface area contributed by atoms with Crippen molar-refractivity contribution < 1.29 is 18.3 Å². The van der Waals surface area contributed by atoms with Gasteiger partial charge in [-0.25, -0.2) is 0 Å². The maximum absolute atomic E-state index is 6.76. The number of ether oxygens (including phenoxy) is 2. The molecule has 0 radical (unpaired) electrons. The fourth-order valence-electron chi connectivity index (χ4n) is 10.8. The highest BCUT2D eigenvalue weighted by atomic mass is 28.4. The van der Waals surface area contributed by atoms with Gasteiger partial charge in [0.25, 0.3) is 0 Å². The molecule has 352 valence electrons. The van der Waals surface area contributed by atoms with Crippen LogP contribution in [0.3, 0.4) is 0 Å². The lowest BCUT2D eigenvalue weighted by molar-refractivity contribution is 0.267. The first-order chi connectivity index (χ1) is 29.1. The van der Waals surface area contributed by atoms with Crippen LogP contribution in [0.2, 0.25) is 33.2 Å². The number of aryl methyl sites for hydroxylation is 2. The van der Waals surface area contributed by atoms with Crippen molar-refractivity contribution >= 4 is 16.6 Å². The number of rotatable bonds is 36. The van der Waals surface area contributed by atoms with Crippen molar-refractivity contribution in [2.75, 3.05) is 26.4 Å². The number of hydrogen-bond acceptors (Lipinski definition) is 4. The third-order valence-corrected chi connectivity index (χ3v) is 26.3. The Morgan fingerprint density at radius 1 is 0.344 bits per heavy atom. The van der Waals surface area contributed by atoms with Gasteiger partial charge in [-0.1, -0.05) is 197 Å². The summed E-state index contributed by atoms with van der Waals surface area (Å²) in [6, 6.07) is 13.4. The van der Waals surface area contributed by atoms with Crippen LogP contribution in [0.1, 0.15) is 221 Å². The van der Waals surface area contributed by atoms with E-state index in [2.05, 4.69) is 133 Å². The lowest BCUT2D eigenvalue weighted by Gasteiger charge is -2.42. The second-order valence-corrected chi connectivity index (χ2v) is 31.7. The number of hydrogen-bond donors (Lipinski definition) is 0. The van der Waals surface area contributed by atoms with Crippen molar-refractivity contribution in [1.82, 2.24) is 0 Å². The van der Waals surface area contributed by atoms with Gasteiger partial charge in [-0.05, 0) is 107 Å². The van der Waals surface area contributed by atoms with Crippen LogP contribution >= 0.6 is 0 Å². The summed E-state index contributed by atoms with van der Waals surface area (Å²) in [7, 11) is -3.43. The molecule has 0 aromatic heterocycles. The van der Waals surface area contributed by atoms with E-state index in [0.29, 0.717) is 33.2 Å². The molecule has 6 heteroatoms. The van der Waals surface area contributed by atoms with Crippen LogP contribution in [-0.2, 0) is 15.3 Å². The fraction of sp³-hybridized carbons (Fsp3) is 0.782. The summed E-state index contributed by atoms with van der Waals surface area (Å²) in [6.07, 6.45) is 23.9. The van der Waals surface area contributed by atoms with Gasteiger partial charge in [-0.2, -0.15) is 0 Å². The largest absolute Gasteiger partial charge is 0.493 e. The van der Waals surface area contributed by atoms with E-state index in [0.717, 1.165) is 57.2 Å². The Morgan fingerprint density at radius 3 is 0.852 bits per heavy atom.